The van der Waals surface area contributed by atoms with Crippen LogP contribution in [0.25, 0.3) is 11.4 Å². The number of hydrogen-bond donors (Lipinski definition) is 1. The fraction of sp³-hybridized carbons (Fsp3) is 0.150. The number of tetrazole rings is 1. The first kappa shape index (κ1) is 17.6. The number of aromatic nitrogens is 6. The van der Waals surface area contributed by atoms with E-state index in [1.54, 1.807) is 10.7 Å². The Morgan fingerprint density at radius 2 is 1.79 bits per heavy atom. The van der Waals surface area contributed by atoms with Crippen LogP contribution in [-0.2, 0) is 17.9 Å². The van der Waals surface area contributed by atoms with Gasteiger partial charge in [0.25, 0.3) is 0 Å². The van der Waals surface area contributed by atoms with Crippen molar-refractivity contribution in [2.75, 3.05) is 5.32 Å². The zero-order valence-electron chi connectivity index (χ0n) is 15.4. The lowest BCUT2D eigenvalue weighted by molar-refractivity contribution is -0.117. The van der Waals surface area contributed by atoms with Crippen LogP contribution in [0.4, 0.5) is 5.82 Å². The molecule has 0 radical (unpaired) electrons. The van der Waals surface area contributed by atoms with Gasteiger partial charge in [-0.15, -0.1) is 10.2 Å². The smallest absolute Gasteiger partial charge is 0.249 e. The molecule has 2 aromatic heterocycles. The van der Waals surface area contributed by atoms with E-state index >= 15 is 0 Å². The molecule has 4 rings (SSSR count). The fourth-order valence-electron chi connectivity index (χ4n) is 2.80. The van der Waals surface area contributed by atoms with Gasteiger partial charge in [-0.2, -0.15) is 9.90 Å². The molecule has 0 fully saturated rings. The highest BCUT2D eigenvalue weighted by molar-refractivity contribution is 5.89. The summed E-state index contributed by atoms with van der Waals surface area (Å²) in [5.74, 6) is 0.705. The molecule has 2 aromatic carbocycles. The molecule has 1 N–H and O–H groups in total. The van der Waals surface area contributed by atoms with Crippen molar-refractivity contribution in [2.24, 2.45) is 0 Å². The van der Waals surface area contributed by atoms with Gasteiger partial charge in [0.15, 0.2) is 5.82 Å². The summed E-state index contributed by atoms with van der Waals surface area (Å²) in [5.41, 5.74) is 3.24. The molecular weight excluding hydrogens is 354 g/mol. The first-order valence-electron chi connectivity index (χ1n) is 8.88. The SMILES string of the molecule is Cc1ccccc1Cn1ccc(NC(=O)Cn2nnc(-c3ccccc3)n2)n1. The number of hydrogen-bond acceptors (Lipinski definition) is 5. The highest BCUT2D eigenvalue weighted by atomic mass is 16.2. The van der Waals surface area contributed by atoms with Crippen LogP contribution < -0.4 is 5.32 Å². The Hall–Kier alpha value is -3.81. The van der Waals surface area contributed by atoms with E-state index in [-0.39, 0.29) is 12.5 Å². The van der Waals surface area contributed by atoms with Crippen LogP contribution in [0, 0.1) is 6.92 Å². The van der Waals surface area contributed by atoms with Gasteiger partial charge in [-0.3, -0.25) is 9.48 Å². The van der Waals surface area contributed by atoms with Crippen LogP contribution in [0.5, 0.6) is 0 Å². The zero-order valence-corrected chi connectivity index (χ0v) is 15.4. The number of nitrogens with one attached hydrogen (secondary N) is 1. The molecule has 28 heavy (non-hydrogen) atoms. The lowest BCUT2D eigenvalue weighted by Crippen LogP contribution is -2.21. The van der Waals surface area contributed by atoms with Crippen molar-refractivity contribution < 1.29 is 4.79 Å². The van der Waals surface area contributed by atoms with Crippen LogP contribution in [0.2, 0.25) is 0 Å². The average Bonchev–Trinajstić information content (AvgIpc) is 3.34. The molecule has 1 amide bonds. The molecule has 0 aliphatic carbocycles. The van der Waals surface area contributed by atoms with E-state index in [9.17, 15) is 4.79 Å². The van der Waals surface area contributed by atoms with Crippen molar-refractivity contribution >= 4 is 11.7 Å². The van der Waals surface area contributed by atoms with Crippen LogP contribution in [0.3, 0.4) is 0 Å². The van der Waals surface area contributed by atoms with Gasteiger partial charge in [0, 0.05) is 17.8 Å². The summed E-state index contributed by atoms with van der Waals surface area (Å²) in [6.45, 7) is 2.68. The fourth-order valence-corrected chi connectivity index (χ4v) is 2.80. The summed E-state index contributed by atoms with van der Waals surface area (Å²) >= 11 is 0. The molecule has 0 unspecified atom stereocenters. The van der Waals surface area contributed by atoms with Gasteiger partial charge < -0.3 is 5.32 Å². The Labute approximate surface area is 161 Å². The second kappa shape index (κ2) is 7.83. The number of carbonyl (C=O) groups excluding carboxylic acids is 1. The number of nitrogens with zero attached hydrogens (tertiary/aromatic N) is 6. The first-order chi connectivity index (χ1) is 13.7. The minimum Gasteiger partial charge on any atom is -0.308 e. The van der Waals surface area contributed by atoms with Gasteiger partial charge in [-0.1, -0.05) is 54.6 Å². The topological polar surface area (TPSA) is 90.5 Å². The Morgan fingerprint density at radius 1 is 1.00 bits per heavy atom. The predicted molar refractivity (Wildman–Crippen MR) is 104 cm³/mol. The van der Waals surface area contributed by atoms with E-state index in [0.29, 0.717) is 18.2 Å². The van der Waals surface area contributed by atoms with Gasteiger partial charge in [0.2, 0.25) is 11.7 Å². The second-order valence-electron chi connectivity index (χ2n) is 6.38. The largest absolute Gasteiger partial charge is 0.308 e. The molecule has 0 saturated heterocycles. The third-order valence-electron chi connectivity index (χ3n) is 4.27. The summed E-state index contributed by atoms with van der Waals surface area (Å²) < 4.78 is 1.79. The van der Waals surface area contributed by atoms with E-state index in [4.69, 9.17) is 0 Å². The van der Waals surface area contributed by atoms with Gasteiger partial charge in [-0.25, -0.2) is 0 Å². The summed E-state index contributed by atoms with van der Waals surface area (Å²) in [7, 11) is 0. The predicted octanol–water partition coefficient (Wildman–Crippen LogP) is 2.53. The molecule has 2 heterocycles. The molecule has 8 nitrogen and oxygen atoms in total. The second-order valence-corrected chi connectivity index (χ2v) is 6.38. The third-order valence-corrected chi connectivity index (χ3v) is 4.27. The Bertz CT molecular complexity index is 1080. The maximum atomic E-state index is 12.3. The molecule has 0 aliphatic heterocycles. The maximum absolute atomic E-state index is 12.3. The quantitative estimate of drug-likeness (QED) is 0.561. The number of rotatable bonds is 6. The van der Waals surface area contributed by atoms with Crippen LogP contribution in [-0.4, -0.2) is 35.9 Å². The minimum atomic E-state index is -0.266. The van der Waals surface area contributed by atoms with Crippen molar-refractivity contribution in [1.82, 2.24) is 30.0 Å². The third kappa shape index (κ3) is 4.12. The number of anilines is 1. The maximum Gasteiger partial charge on any atom is 0.249 e. The van der Waals surface area contributed by atoms with Crippen molar-refractivity contribution in [1.29, 1.82) is 0 Å². The standard InChI is InChI=1S/C20H19N7O/c1-15-7-5-6-10-17(15)13-26-12-11-18(23-26)21-19(28)14-27-24-20(22-25-27)16-8-3-2-4-9-16/h2-12H,13-14H2,1H3,(H,21,23,28). The van der Waals surface area contributed by atoms with Crippen molar-refractivity contribution in [3.8, 4) is 11.4 Å². The molecule has 0 aliphatic rings. The Balaban J connectivity index is 1.36. The average molecular weight is 373 g/mol. The number of aryl methyl sites for hydroxylation is 1. The van der Waals surface area contributed by atoms with Crippen LogP contribution in [0.15, 0.2) is 66.9 Å². The van der Waals surface area contributed by atoms with Crippen molar-refractivity contribution in [3.05, 3.63) is 78.0 Å². The Kier molecular flexibility index (Phi) is 4.92. The molecule has 4 aromatic rings. The molecular formula is C20H19N7O. The molecule has 0 saturated carbocycles. The summed E-state index contributed by atoms with van der Waals surface area (Å²) in [5, 5.41) is 19.3. The van der Waals surface area contributed by atoms with E-state index in [2.05, 4.69) is 44.9 Å². The van der Waals surface area contributed by atoms with E-state index in [1.807, 2.05) is 48.7 Å². The molecule has 0 atom stereocenters. The van der Waals surface area contributed by atoms with Crippen LogP contribution >= 0.6 is 0 Å². The van der Waals surface area contributed by atoms with Gasteiger partial charge >= 0.3 is 0 Å². The molecule has 8 heteroatoms. The van der Waals surface area contributed by atoms with Gasteiger partial charge in [0.05, 0.1) is 6.54 Å². The van der Waals surface area contributed by atoms with E-state index in [0.717, 1.165) is 5.56 Å². The highest BCUT2D eigenvalue weighted by Gasteiger charge is 2.11. The van der Waals surface area contributed by atoms with E-state index < -0.39 is 0 Å². The number of amides is 1. The monoisotopic (exact) mass is 373 g/mol. The molecule has 0 spiro atoms. The van der Waals surface area contributed by atoms with E-state index in [1.165, 1.54) is 15.9 Å². The minimum absolute atomic E-state index is 0.0372. The van der Waals surface area contributed by atoms with Gasteiger partial charge in [0.1, 0.15) is 6.54 Å². The zero-order chi connectivity index (χ0) is 19.3. The summed E-state index contributed by atoms with van der Waals surface area (Å²) in [6, 6.07) is 19.4. The number of carbonyl (C=O) groups is 1. The lowest BCUT2D eigenvalue weighted by Gasteiger charge is -2.05. The molecule has 0 bridgehead atoms. The summed E-state index contributed by atoms with van der Waals surface area (Å²) in [4.78, 5) is 13.5. The molecule has 140 valence electrons. The highest BCUT2D eigenvalue weighted by Crippen LogP contribution is 2.12. The van der Waals surface area contributed by atoms with Crippen molar-refractivity contribution in [3.63, 3.8) is 0 Å². The lowest BCUT2D eigenvalue weighted by atomic mass is 10.1. The summed E-state index contributed by atoms with van der Waals surface area (Å²) in [6.07, 6.45) is 1.84. The van der Waals surface area contributed by atoms with Crippen LogP contribution in [0.1, 0.15) is 11.1 Å². The van der Waals surface area contributed by atoms with Gasteiger partial charge in [-0.05, 0) is 23.3 Å². The Morgan fingerprint density at radius 3 is 2.61 bits per heavy atom. The normalized spacial score (nSPS) is 10.8. The number of benzene rings is 2. The van der Waals surface area contributed by atoms with Crippen molar-refractivity contribution in [2.45, 2.75) is 20.0 Å². The first-order valence-corrected chi connectivity index (χ1v) is 8.88.